The summed E-state index contributed by atoms with van der Waals surface area (Å²) in [6.45, 7) is 3.72. The lowest BCUT2D eigenvalue weighted by Crippen LogP contribution is -2.52. The van der Waals surface area contributed by atoms with E-state index in [9.17, 15) is 0 Å². The Morgan fingerprint density at radius 3 is 3.10 bits per heavy atom. The Morgan fingerprint density at radius 2 is 2.25 bits per heavy atom. The number of rotatable bonds is 3. The van der Waals surface area contributed by atoms with Gasteiger partial charge in [-0.15, -0.1) is 0 Å². The van der Waals surface area contributed by atoms with Crippen LogP contribution in [0.2, 0.25) is 0 Å². The third kappa shape index (κ3) is 2.68. The Balaban J connectivity index is 1.72. The first-order valence-corrected chi connectivity index (χ1v) is 7.50. The molecule has 4 heteroatoms. The number of piperidine rings is 1. The summed E-state index contributed by atoms with van der Waals surface area (Å²) in [4.78, 5) is 2.49. The van der Waals surface area contributed by atoms with E-state index in [1.165, 1.54) is 12.8 Å². The highest BCUT2D eigenvalue weighted by molar-refractivity contribution is 5.38. The number of benzene rings is 1. The Bertz CT molecular complexity index is 450. The summed E-state index contributed by atoms with van der Waals surface area (Å²) < 4.78 is 11.2. The fourth-order valence-electron chi connectivity index (χ4n) is 3.48. The number of methoxy groups -OCH3 is 1. The molecule has 0 aliphatic carbocycles. The van der Waals surface area contributed by atoms with Crippen LogP contribution in [-0.4, -0.2) is 44.4 Å². The second kappa shape index (κ2) is 6.12. The maximum Gasteiger partial charge on any atom is 0.124 e. The second-order valence-corrected chi connectivity index (χ2v) is 5.90. The molecule has 0 bridgehead atoms. The van der Waals surface area contributed by atoms with Crippen LogP contribution in [0.3, 0.4) is 0 Å². The third-order valence-corrected chi connectivity index (χ3v) is 4.52. The van der Waals surface area contributed by atoms with Gasteiger partial charge in [0.15, 0.2) is 0 Å². The Kier molecular flexibility index (Phi) is 4.24. The first-order chi connectivity index (χ1) is 9.79. The van der Waals surface area contributed by atoms with Crippen LogP contribution in [0.5, 0.6) is 5.75 Å². The monoisotopic (exact) mass is 276 g/mol. The number of nitrogens with two attached hydrogens (primary N) is 1. The summed E-state index contributed by atoms with van der Waals surface area (Å²) in [5.74, 6) is 1.57. The predicted molar refractivity (Wildman–Crippen MR) is 78.8 cm³/mol. The molecule has 0 aromatic heterocycles. The molecule has 2 N–H and O–H groups in total. The van der Waals surface area contributed by atoms with Crippen molar-refractivity contribution in [3.05, 3.63) is 29.8 Å². The number of fused-ring (bicyclic) bond motifs is 1. The van der Waals surface area contributed by atoms with Crippen LogP contribution in [-0.2, 0) is 4.74 Å². The molecule has 0 spiro atoms. The van der Waals surface area contributed by atoms with Crippen molar-refractivity contribution in [2.75, 3.05) is 33.4 Å². The van der Waals surface area contributed by atoms with Gasteiger partial charge < -0.3 is 15.2 Å². The van der Waals surface area contributed by atoms with Crippen LogP contribution < -0.4 is 10.5 Å². The topological polar surface area (TPSA) is 47.7 Å². The van der Waals surface area contributed by atoms with E-state index in [-0.39, 0.29) is 12.1 Å². The van der Waals surface area contributed by atoms with Crippen molar-refractivity contribution in [2.24, 2.45) is 11.7 Å². The molecule has 0 radical (unpaired) electrons. The standard InChI is InChI=1S/C16H24N2O2/c1-19-10-12-5-4-8-18(9-12)14-11-20-15-7-3-2-6-13(15)16(14)17/h2-3,6-7,12,14,16H,4-5,8-11,17H2,1H3. The number of ether oxygens (including phenoxy) is 2. The van der Waals surface area contributed by atoms with Crippen molar-refractivity contribution in [3.63, 3.8) is 0 Å². The first kappa shape index (κ1) is 13.9. The molecule has 0 saturated carbocycles. The molecule has 1 aromatic rings. The fraction of sp³-hybridized carbons (Fsp3) is 0.625. The highest BCUT2D eigenvalue weighted by Gasteiger charge is 2.34. The number of para-hydroxylation sites is 1. The molecule has 1 aromatic carbocycles. The lowest BCUT2D eigenvalue weighted by Gasteiger charge is -2.42. The van der Waals surface area contributed by atoms with Crippen LogP contribution in [0.1, 0.15) is 24.4 Å². The van der Waals surface area contributed by atoms with Crippen LogP contribution in [0, 0.1) is 5.92 Å². The Hall–Kier alpha value is -1.10. The smallest absolute Gasteiger partial charge is 0.124 e. The first-order valence-electron chi connectivity index (χ1n) is 7.50. The number of likely N-dealkylation sites (tertiary alicyclic amines) is 1. The normalized spacial score (nSPS) is 30.6. The van der Waals surface area contributed by atoms with Gasteiger partial charge in [0.05, 0.1) is 18.7 Å². The van der Waals surface area contributed by atoms with E-state index in [0.717, 1.165) is 31.0 Å². The van der Waals surface area contributed by atoms with Gasteiger partial charge in [0.1, 0.15) is 12.4 Å². The quantitative estimate of drug-likeness (QED) is 0.914. The average molecular weight is 276 g/mol. The number of nitrogens with zero attached hydrogens (tertiary/aromatic N) is 1. The van der Waals surface area contributed by atoms with Crippen LogP contribution >= 0.6 is 0 Å². The van der Waals surface area contributed by atoms with E-state index in [2.05, 4.69) is 11.0 Å². The van der Waals surface area contributed by atoms with Crippen molar-refractivity contribution in [3.8, 4) is 5.75 Å². The van der Waals surface area contributed by atoms with E-state index in [4.69, 9.17) is 15.2 Å². The Labute approximate surface area is 120 Å². The zero-order valence-electron chi connectivity index (χ0n) is 12.1. The zero-order valence-corrected chi connectivity index (χ0v) is 12.1. The molecule has 1 fully saturated rings. The molecule has 3 atom stereocenters. The summed E-state index contributed by atoms with van der Waals surface area (Å²) in [5, 5.41) is 0. The van der Waals surface area contributed by atoms with Gasteiger partial charge in [0.25, 0.3) is 0 Å². The van der Waals surface area contributed by atoms with Gasteiger partial charge in [-0.25, -0.2) is 0 Å². The van der Waals surface area contributed by atoms with Gasteiger partial charge in [-0.2, -0.15) is 0 Å². The molecule has 2 heterocycles. The van der Waals surface area contributed by atoms with E-state index < -0.39 is 0 Å². The molecule has 2 aliphatic rings. The van der Waals surface area contributed by atoms with Crippen molar-refractivity contribution in [1.29, 1.82) is 0 Å². The van der Waals surface area contributed by atoms with Gasteiger partial charge >= 0.3 is 0 Å². The van der Waals surface area contributed by atoms with Gasteiger partial charge in [-0.05, 0) is 31.4 Å². The molecule has 3 rings (SSSR count). The molecule has 0 amide bonds. The molecule has 2 aliphatic heterocycles. The maximum absolute atomic E-state index is 6.49. The number of hydrogen-bond donors (Lipinski definition) is 1. The molecule has 20 heavy (non-hydrogen) atoms. The van der Waals surface area contributed by atoms with Gasteiger partial charge in [0, 0.05) is 19.2 Å². The minimum Gasteiger partial charge on any atom is -0.492 e. The minimum absolute atomic E-state index is 0.0428. The summed E-state index contributed by atoms with van der Waals surface area (Å²) in [6, 6.07) is 8.46. The molecule has 110 valence electrons. The van der Waals surface area contributed by atoms with Crippen LogP contribution in [0.25, 0.3) is 0 Å². The van der Waals surface area contributed by atoms with Crippen molar-refractivity contribution >= 4 is 0 Å². The summed E-state index contributed by atoms with van der Waals surface area (Å²) in [5.41, 5.74) is 7.62. The molecular weight excluding hydrogens is 252 g/mol. The second-order valence-electron chi connectivity index (χ2n) is 5.90. The average Bonchev–Trinajstić information content (AvgIpc) is 2.48. The van der Waals surface area contributed by atoms with Crippen molar-refractivity contribution in [1.82, 2.24) is 4.90 Å². The maximum atomic E-state index is 6.49. The lowest BCUT2D eigenvalue weighted by atomic mass is 9.92. The van der Waals surface area contributed by atoms with Crippen LogP contribution in [0.4, 0.5) is 0 Å². The lowest BCUT2D eigenvalue weighted by molar-refractivity contribution is 0.0354. The predicted octanol–water partition coefficient (Wildman–Crippen LogP) is 1.81. The molecule has 3 unspecified atom stereocenters. The van der Waals surface area contributed by atoms with Gasteiger partial charge in [0.2, 0.25) is 0 Å². The molecular formula is C16H24N2O2. The largest absolute Gasteiger partial charge is 0.492 e. The van der Waals surface area contributed by atoms with Crippen LogP contribution in [0.15, 0.2) is 24.3 Å². The van der Waals surface area contributed by atoms with Gasteiger partial charge in [-0.3, -0.25) is 4.90 Å². The van der Waals surface area contributed by atoms with E-state index in [1.807, 2.05) is 18.2 Å². The molecule has 1 saturated heterocycles. The van der Waals surface area contributed by atoms with E-state index in [1.54, 1.807) is 7.11 Å². The van der Waals surface area contributed by atoms with Gasteiger partial charge in [-0.1, -0.05) is 18.2 Å². The fourth-order valence-corrected chi connectivity index (χ4v) is 3.48. The summed E-state index contributed by atoms with van der Waals surface area (Å²) in [6.07, 6.45) is 2.47. The summed E-state index contributed by atoms with van der Waals surface area (Å²) >= 11 is 0. The summed E-state index contributed by atoms with van der Waals surface area (Å²) in [7, 11) is 1.78. The van der Waals surface area contributed by atoms with Crippen molar-refractivity contribution < 1.29 is 9.47 Å². The highest BCUT2D eigenvalue weighted by atomic mass is 16.5. The molecule has 4 nitrogen and oxygen atoms in total. The number of hydrogen-bond acceptors (Lipinski definition) is 4. The van der Waals surface area contributed by atoms with E-state index >= 15 is 0 Å². The zero-order chi connectivity index (χ0) is 13.9. The van der Waals surface area contributed by atoms with E-state index in [0.29, 0.717) is 12.5 Å². The minimum atomic E-state index is 0.0428. The Morgan fingerprint density at radius 1 is 1.40 bits per heavy atom. The third-order valence-electron chi connectivity index (χ3n) is 4.52. The SMILES string of the molecule is COCC1CCCN(C2COc3ccccc3C2N)C1. The van der Waals surface area contributed by atoms with Crippen molar-refractivity contribution in [2.45, 2.75) is 24.9 Å². The highest BCUT2D eigenvalue weighted by Crippen LogP contribution is 2.34.